The van der Waals surface area contributed by atoms with Crippen LogP contribution in [0, 0.1) is 5.92 Å². The van der Waals surface area contributed by atoms with Crippen molar-refractivity contribution in [2.45, 2.75) is 13.3 Å². The number of nitrogens with zero attached hydrogens (tertiary/aromatic N) is 1. The minimum atomic E-state index is 0.467. The van der Waals surface area contributed by atoms with Crippen molar-refractivity contribution in [2.24, 2.45) is 11.1 Å². The lowest BCUT2D eigenvalue weighted by atomic mass is 10.1. The highest BCUT2D eigenvalue weighted by Crippen LogP contribution is 2.21. The zero-order valence-corrected chi connectivity index (χ0v) is 9.93. The molecule has 4 nitrogen and oxygen atoms in total. The highest BCUT2D eigenvalue weighted by Gasteiger charge is 2.17. The van der Waals surface area contributed by atoms with E-state index in [9.17, 15) is 0 Å². The fourth-order valence-corrected chi connectivity index (χ4v) is 1.87. The van der Waals surface area contributed by atoms with Crippen molar-refractivity contribution in [2.75, 3.05) is 19.8 Å². The second kappa shape index (κ2) is 5.68. The fraction of sp³-hybridized carbons (Fsp3) is 0.462. The third-order valence-corrected chi connectivity index (χ3v) is 2.93. The summed E-state index contributed by atoms with van der Waals surface area (Å²) in [5.41, 5.74) is 1.39. The van der Waals surface area contributed by atoms with Crippen LogP contribution in [-0.2, 0) is 4.74 Å². The van der Waals surface area contributed by atoms with E-state index >= 15 is 0 Å². The molecule has 0 aromatic heterocycles. The fourth-order valence-electron chi connectivity index (χ4n) is 1.87. The molecular formula is C13H17NO3. The number of para-hydroxylation sites is 1. The van der Waals surface area contributed by atoms with E-state index in [-0.39, 0.29) is 0 Å². The molecule has 1 aliphatic rings. The Morgan fingerprint density at radius 2 is 2.35 bits per heavy atom. The van der Waals surface area contributed by atoms with Crippen LogP contribution in [-0.4, -0.2) is 30.7 Å². The number of hydrogen-bond donors (Lipinski definition) is 1. The molecule has 17 heavy (non-hydrogen) atoms. The molecule has 0 saturated carbocycles. The maximum atomic E-state index is 8.80. The highest BCUT2D eigenvalue weighted by molar-refractivity contribution is 6.00. The summed E-state index contributed by atoms with van der Waals surface area (Å²) in [5, 5.41) is 12.0. The minimum Gasteiger partial charge on any atom is -0.493 e. The number of rotatable bonds is 4. The average Bonchev–Trinajstić information content (AvgIpc) is 2.89. The molecule has 1 atom stereocenters. The van der Waals surface area contributed by atoms with Gasteiger partial charge in [0.1, 0.15) is 5.75 Å². The van der Waals surface area contributed by atoms with Gasteiger partial charge in [0.15, 0.2) is 0 Å². The van der Waals surface area contributed by atoms with E-state index in [1.54, 1.807) is 6.92 Å². The standard InChI is InChI=1S/C13H17NO3/c1-10(14-15)12-4-2-3-5-13(12)17-9-11-6-7-16-8-11/h2-5,11,15H,6-9H2,1H3. The van der Waals surface area contributed by atoms with Crippen LogP contribution in [0.1, 0.15) is 18.9 Å². The molecule has 1 unspecified atom stereocenters. The Kier molecular flexibility index (Phi) is 3.98. The molecule has 92 valence electrons. The van der Waals surface area contributed by atoms with Gasteiger partial charge in [0.05, 0.1) is 18.9 Å². The first-order valence-corrected chi connectivity index (χ1v) is 5.80. The van der Waals surface area contributed by atoms with Crippen LogP contribution >= 0.6 is 0 Å². The second-order valence-electron chi connectivity index (χ2n) is 4.22. The van der Waals surface area contributed by atoms with Gasteiger partial charge in [-0.25, -0.2) is 0 Å². The molecule has 1 aromatic rings. The van der Waals surface area contributed by atoms with E-state index in [4.69, 9.17) is 14.7 Å². The van der Waals surface area contributed by atoms with Crippen LogP contribution in [0.2, 0.25) is 0 Å². The van der Waals surface area contributed by atoms with Crippen LogP contribution in [0.4, 0.5) is 0 Å². The van der Waals surface area contributed by atoms with Crippen molar-refractivity contribution in [3.8, 4) is 5.75 Å². The van der Waals surface area contributed by atoms with Gasteiger partial charge in [0.25, 0.3) is 0 Å². The van der Waals surface area contributed by atoms with E-state index in [1.165, 1.54) is 0 Å². The smallest absolute Gasteiger partial charge is 0.128 e. The van der Waals surface area contributed by atoms with Crippen LogP contribution in [0.3, 0.4) is 0 Å². The average molecular weight is 235 g/mol. The van der Waals surface area contributed by atoms with Gasteiger partial charge in [-0.2, -0.15) is 0 Å². The van der Waals surface area contributed by atoms with Crippen molar-refractivity contribution in [3.63, 3.8) is 0 Å². The molecule has 1 aliphatic heterocycles. The van der Waals surface area contributed by atoms with Crippen LogP contribution in [0.25, 0.3) is 0 Å². The van der Waals surface area contributed by atoms with Gasteiger partial charge in [-0.3, -0.25) is 0 Å². The SMILES string of the molecule is CC(=NO)c1ccccc1OCC1CCOC1. The molecule has 0 aliphatic carbocycles. The van der Waals surface area contributed by atoms with Gasteiger partial charge < -0.3 is 14.7 Å². The van der Waals surface area contributed by atoms with Crippen molar-refractivity contribution in [1.29, 1.82) is 0 Å². The first kappa shape index (κ1) is 11.9. The van der Waals surface area contributed by atoms with Crippen molar-refractivity contribution >= 4 is 5.71 Å². The third-order valence-electron chi connectivity index (χ3n) is 2.93. The predicted molar refractivity (Wildman–Crippen MR) is 64.9 cm³/mol. The summed E-state index contributed by atoms with van der Waals surface area (Å²) in [6.07, 6.45) is 1.05. The van der Waals surface area contributed by atoms with Gasteiger partial charge in [0, 0.05) is 18.1 Å². The molecule has 0 amide bonds. The van der Waals surface area contributed by atoms with Crippen molar-refractivity contribution in [1.82, 2.24) is 0 Å². The Balaban J connectivity index is 2.04. The molecule has 0 radical (unpaired) electrons. The summed E-state index contributed by atoms with van der Waals surface area (Å²) in [7, 11) is 0. The summed E-state index contributed by atoms with van der Waals surface area (Å²) in [5.74, 6) is 1.23. The molecule has 2 rings (SSSR count). The molecule has 1 heterocycles. The highest BCUT2D eigenvalue weighted by atomic mass is 16.5. The Labute approximate surface area is 101 Å². The lowest BCUT2D eigenvalue weighted by molar-refractivity contribution is 0.167. The van der Waals surface area contributed by atoms with Gasteiger partial charge in [0.2, 0.25) is 0 Å². The molecule has 1 N–H and O–H groups in total. The van der Waals surface area contributed by atoms with Crippen molar-refractivity contribution < 1.29 is 14.7 Å². The summed E-state index contributed by atoms with van der Waals surface area (Å²) in [6, 6.07) is 7.58. The van der Waals surface area contributed by atoms with E-state index < -0.39 is 0 Å². The van der Waals surface area contributed by atoms with Gasteiger partial charge >= 0.3 is 0 Å². The summed E-state index contributed by atoms with van der Waals surface area (Å²) >= 11 is 0. The lowest BCUT2D eigenvalue weighted by Crippen LogP contribution is -2.13. The number of oxime groups is 1. The number of benzene rings is 1. The zero-order chi connectivity index (χ0) is 12.1. The molecule has 1 aromatic carbocycles. The maximum absolute atomic E-state index is 8.80. The summed E-state index contributed by atoms with van der Waals surface area (Å²) < 4.78 is 11.1. The normalized spacial score (nSPS) is 20.5. The van der Waals surface area contributed by atoms with Crippen LogP contribution < -0.4 is 4.74 Å². The topological polar surface area (TPSA) is 51.1 Å². The summed E-state index contributed by atoms with van der Waals surface area (Å²) in [6.45, 7) is 4.00. The first-order chi connectivity index (χ1) is 8.31. The molecular weight excluding hydrogens is 218 g/mol. The molecule has 0 spiro atoms. The summed E-state index contributed by atoms with van der Waals surface area (Å²) in [4.78, 5) is 0. The van der Waals surface area contributed by atoms with E-state index in [0.29, 0.717) is 18.2 Å². The number of hydrogen-bond acceptors (Lipinski definition) is 4. The monoisotopic (exact) mass is 235 g/mol. The van der Waals surface area contributed by atoms with E-state index in [0.717, 1.165) is 30.9 Å². The quantitative estimate of drug-likeness (QED) is 0.495. The molecule has 4 heteroatoms. The predicted octanol–water partition coefficient (Wildman–Crippen LogP) is 2.30. The third kappa shape index (κ3) is 2.97. The Morgan fingerprint density at radius 1 is 1.53 bits per heavy atom. The molecule has 0 bridgehead atoms. The van der Waals surface area contributed by atoms with Gasteiger partial charge in [-0.15, -0.1) is 0 Å². The second-order valence-corrected chi connectivity index (χ2v) is 4.22. The number of ether oxygens (including phenoxy) is 2. The molecule has 1 fully saturated rings. The van der Waals surface area contributed by atoms with Crippen molar-refractivity contribution in [3.05, 3.63) is 29.8 Å². The van der Waals surface area contributed by atoms with Crippen LogP contribution in [0.15, 0.2) is 29.4 Å². The Hall–Kier alpha value is -1.55. The largest absolute Gasteiger partial charge is 0.493 e. The zero-order valence-electron chi connectivity index (χ0n) is 9.93. The van der Waals surface area contributed by atoms with E-state index in [1.807, 2.05) is 24.3 Å². The van der Waals surface area contributed by atoms with Gasteiger partial charge in [-0.1, -0.05) is 17.3 Å². The maximum Gasteiger partial charge on any atom is 0.128 e. The van der Waals surface area contributed by atoms with E-state index in [2.05, 4.69) is 5.16 Å². The molecule has 1 saturated heterocycles. The van der Waals surface area contributed by atoms with Crippen LogP contribution in [0.5, 0.6) is 5.75 Å². The Bertz CT molecular complexity index is 397. The van der Waals surface area contributed by atoms with Gasteiger partial charge in [-0.05, 0) is 25.5 Å². The lowest BCUT2D eigenvalue weighted by Gasteiger charge is -2.13. The minimum absolute atomic E-state index is 0.467. The Morgan fingerprint density at radius 3 is 3.06 bits per heavy atom. The first-order valence-electron chi connectivity index (χ1n) is 5.80.